The average molecular weight is 345 g/mol. The van der Waals surface area contributed by atoms with Crippen LogP contribution in [0.15, 0.2) is 30.8 Å². The van der Waals surface area contributed by atoms with Gasteiger partial charge in [0.1, 0.15) is 0 Å². The molecular formula is C15H19BrClNO. The van der Waals surface area contributed by atoms with E-state index >= 15 is 0 Å². The van der Waals surface area contributed by atoms with Gasteiger partial charge in [-0.2, -0.15) is 0 Å². The Morgan fingerprint density at radius 3 is 2.84 bits per heavy atom. The van der Waals surface area contributed by atoms with Crippen LogP contribution in [0.3, 0.4) is 0 Å². The smallest absolute Gasteiger partial charge is 0.238 e. The van der Waals surface area contributed by atoms with E-state index in [9.17, 15) is 4.79 Å². The molecule has 0 saturated heterocycles. The number of nitrogens with one attached hydrogen (secondary N) is 1. The lowest BCUT2D eigenvalue weighted by atomic mass is 10.1. The number of unbranched alkanes of at least 4 members (excludes halogenated alkanes) is 2. The van der Waals surface area contributed by atoms with Crippen molar-refractivity contribution in [2.24, 2.45) is 0 Å². The van der Waals surface area contributed by atoms with Gasteiger partial charge in [0, 0.05) is 10.7 Å². The van der Waals surface area contributed by atoms with Crippen LogP contribution in [0, 0.1) is 0 Å². The first-order valence-electron chi connectivity index (χ1n) is 6.44. The fraction of sp³-hybridized carbons (Fsp3) is 0.400. The Kier molecular flexibility index (Phi) is 7.17. The molecule has 1 rings (SSSR count). The van der Waals surface area contributed by atoms with E-state index in [0.29, 0.717) is 10.7 Å². The lowest BCUT2D eigenvalue weighted by Gasteiger charge is -2.12. The molecule has 0 fully saturated rings. The number of amides is 1. The van der Waals surface area contributed by atoms with Crippen LogP contribution in [-0.2, 0) is 4.79 Å². The molecule has 1 aromatic rings. The molecule has 2 nitrogen and oxygen atoms in total. The van der Waals surface area contributed by atoms with Gasteiger partial charge in [0.25, 0.3) is 0 Å². The highest BCUT2D eigenvalue weighted by molar-refractivity contribution is 9.10. The van der Waals surface area contributed by atoms with E-state index in [2.05, 4.69) is 34.7 Å². The maximum atomic E-state index is 12.0. The normalized spacial score (nSPS) is 11.9. The van der Waals surface area contributed by atoms with E-state index in [1.807, 2.05) is 12.1 Å². The molecule has 0 aliphatic carbocycles. The third-order valence-electron chi connectivity index (χ3n) is 2.79. The van der Waals surface area contributed by atoms with Gasteiger partial charge in [0.15, 0.2) is 0 Å². The average Bonchev–Trinajstić information content (AvgIpc) is 2.38. The van der Waals surface area contributed by atoms with Gasteiger partial charge in [-0.25, -0.2) is 0 Å². The summed E-state index contributed by atoms with van der Waals surface area (Å²) < 4.78 is 0. The fourth-order valence-electron chi connectivity index (χ4n) is 1.68. The van der Waals surface area contributed by atoms with Crippen LogP contribution >= 0.6 is 27.5 Å². The zero-order valence-electron chi connectivity index (χ0n) is 11.1. The Hall–Kier alpha value is -0.800. The number of hydrogen-bond donors (Lipinski definition) is 1. The molecule has 104 valence electrons. The lowest BCUT2D eigenvalue weighted by molar-refractivity contribution is -0.119. The third kappa shape index (κ3) is 5.79. The molecule has 1 amide bonds. The highest BCUT2D eigenvalue weighted by atomic mass is 79.9. The zero-order valence-corrected chi connectivity index (χ0v) is 13.4. The minimum Gasteiger partial charge on any atom is -0.325 e. The van der Waals surface area contributed by atoms with Gasteiger partial charge in [0.2, 0.25) is 5.91 Å². The van der Waals surface area contributed by atoms with Gasteiger partial charge in [-0.3, -0.25) is 4.79 Å². The molecule has 0 heterocycles. The molecule has 0 saturated carbocycles. The Labute approximate surface area is 128 Å². The second-order valence-corrected chi connectivity index (χ2v) is 5.98. The van der Waals surface area contributed by atoms with Gasteiger partial charge in [0.05, 0.1) is 4.83 Å². The van der Waals surface area contributed by atoms with Crippen LogP contribution in [0.2, 0.25) is 5.02 Å². The predicted octanol–water partition coefficient (Wildman–Crippen LogP) is 4.77. The van der Waals surface area contributed by atoms with Crippen molar-refractivity contribution in [3.05, 3.63) is 41.4 Å². The molecule has 1 aromatic carbocycles. The van der Waals surface area contributed by atoms with Crippen LogP contribution in [0.25, 0.3) is 5.70 Å². The van der Waals surface area contributed by atoms with E-state index in [1.165, 1.54) is 0 Å². The molecule has 0 spiro atoms. The summed E-state index contributed by atoms with van der Waals surface area (Å²) in [5.74, 6) is -0.0546. The summed E-state index contributed by atoms with van der Waals surface area (Å²) in [7, 11) is 0. The third-order valence-corrected chi connectivity index (χ3v) is 3.90. The number of hydrogen-bond acceptors (Lipinski definition) is 1. The maximum absolute atomic E-state index is 12.0. The Morgan fingerprint density at radius 1 is 1.47 bits per heavy atom. The Balaban J connectivity index is 2.50. The minimum atomic E-state index is -0.171. The number of alkyl halides is 1. The second-order valence-electron chi connectivity index (χ2n) is 4.44. The van der Waals surface area contributed by atoms with Crippen molar-refractivity contribution in [1.29, 1.82) is 0 Å². The first kappa shape index (κ1) is 16.3. The summed E-state index contributed by atoms with van der Waals surface area (Å²) >= 11 is 9.32. The van der Waals surface area contributed by atoms with Crippen LogP contribution in [0.4, 0.5) is 0 Å². The number of rotatable bonds is 7. The first-order chi connectivity index (χ1) is 9.04. The van der Waals surface area contributed by atoms with Crippen molar-refractivity contribution in [3.63, 3.8) is 0 Å². The van der Waals surface area contributed by atoms with Crippen molar-refractivity contribution < 1.29 is 4.79 Å². The second kappa shape index (κ2) is 8.39. The van der Waals surface area contributed by atoms with Crippen LogP contribution in [-0.4, -0.2) is 10.7 Å². The van der Waals surface area contributed by atoms with E-state index < -0.39 is 0 Å². The van der Waals surface area contributed by atoms with Gasteiger partial charge < -0.3 is 5.32 Å². The molecule has 0 bridgehead atoms. The van der Waals surface area contributed by atoms with Crippen molar-refractivity contribution >= 4 is 39.1 Å². The van der Waals surface area contributed by atoms with E-state index in [4.69, 9.17) is 11.6 Å². The largest absolute Gasteiger partial charge is 0.325 e. The lowest BCUT2D eigenvalue weighted by Crippen LogP contribution is -2.29. The van der Waals surface area contributed by atoms with Crippen LogP contribution < -0.4 is 5.32 Å². The molecule has 1 N–H and O–H groups in total. The van der Waals surface area contributed by atoms with E-state index in [1.54, 1.807) is 12.1 Å². The molecule has 1 atom stereocenters. The Bertz CT molecular complexity index is 448. The molecule has 0 aliphatic rings. The quantitative estimate of drug-likeness (QED) is 0.560. The summed E-state index contributed by atoms with van der Waals surface area (Å²) in [6.45, 7) is 6.02. The van der Waals surface area contributed by atoms with E-state index in [-0.39, 0.29) is 10.7 Å². The van der Waals surface area contributed by atoms with Crippen molar-refractivity contribution in [2.75, 3.05) is 0 Å². The molecule has 0 aromatic heterocycles. The summed E-state index contributed by atoms with van der Waals surface area (Å²) in [6, 6.07) is 7.28. The number of carbonyl (C=O) groups excluding carboxylic acids is 1. The standard InChI is InChI=1S/C15H19BrClNO/c1-3-4-5-9-14(16)15(19)18-11(2)12-7-6-8-13(17)10-12/h6-8,10,14H,2-5,9H2,1H3,(H,18,19). The van der Waals surface area contributed by atoms with Gasteiger partial charge in [-0.15, -0.1) is 0 Å². The van der Waals surface area contributed by atoms with Crippen molar-refractivity contribution in [2.45, 2.75) is 37.4 Å². The summed E-state index contributed by atoms with van der Waals surface area (Å²) in [5.41, 5.74) is 1.40. The van der Waals surface area contributed by atoms with Gasteiger partial charge in [-0.1, -0.05) is 72.4 Å². The molecule has 0 aliphatic heterocycles. The summed E-state index contributed by atoms with van der Waals surface area (Å²) in [6.07, 6.45) is 4.17. The van der Waals surface area contributed by atoms with Gasteiger partial charge >= 0.3 is 0 Å². The topological polar surface area (TPSA) is 29.1 Å². The van der Waals surface area contributed by atoms with Crippen LogP contribution in [0.5, 0.6) is 0 Å². The zero-order chi connectivity index (χ0) is 14.3. The number of benzene rings is 1. The summed E-state index contributed by atoms with van der Waals surface area (Å²) in [5, 5.41) is 3.44. The SMILES string of the molecule is C=C(NC(=O)C(Br)CCCCC)c1cccc(Cl)c1. The fourth-order valence-corrected chi connectivity index (χ4v) is 2.31. The number of halogens is 2. The van der Waals surface area contributed by atoms with Crippen molar-refractivity contribution in [3.8, 4) is 0 Å². The monoisotopic (exact) mass is 343 g/mol. The molecular weight excluding hydrogens is 326 g/mol. The Morgan fingerprint density at radius 2 is 2.21 bits per heavy atom. The highest BCUT2D eigenvalue weighted by Crippen LogP contribution is 2.17. The minimum absolute atomic E-state index is 0.0546. The van der Waals surface area contributed by atoms with Gasteiger partial charge in [-0.05, 0) is 24.1 Å². The van der Waals surface area contributed by atoms with Crippen LogP contribution in [0.1, 0.15) is 38.2 Å². The molecule has 4 heteroatoms. The predicted molar refractivity (Wildman–Crippen MR) is 85.5 cm³/mol. The first-order valence-corrected chi connectivity index (χ1v) is 7.73. The van der Waals surface area contributed by atoms with Crippen molar-refractivity contribution in [1.82, 2.24) is 5.32 Å². The molecule has 19 heavy (non-hydrogen) atoms. The number of carbonyl (C=O) groups is 1. The maximum Gasteiger partial charge on any atom is 0.238 e. The summed E-state index contributed by atoms with van der Waals surface area (Å²) in [4.78, 5) is 11.8. The molecule has 1 unspecified atom stereocenters. The highest BCUT2D eigenvalue weighted by Gasteiger charge is 2.15. The van der Waals surface area contributed by atoms with E-state index in [0.717, 1.165) is 31.2 Å². The molecule has 0 radical (unpaired) electrons.